The molecule has 13 aromatic carbocycles. The second kappa shape index (κ2) is 37.0. The predicted octanol–water partition coefficient (Wildman–Crippen LogP) is 15.3. The fraction of sp³-hybridized carbons (Fsp3) is 0. The van der Waals surface area contributed by atoms with Gasteiger partial charge in [-0.2, -0.15) is 24.6 Å². The Labute approximate surface area is 525 Å². The van der Waals surface area contributed by atoms with Crippen LogP contribution in [-0.4, -0.2) is 0 Å². The SMILES string of the molecule is [CH2-]c1ccccc1.[Cl][Pd+].c1ccc([PH+](c2ccccc2)c2ccccc2)cc1.c1ccc([PH+](c2ccccc2)c2ccccc2)cc1.c1ccc([PH+](c2ccccc2)c2ccccc2)cc1.c1ccc([PH+](c2ccccc2)c2ccccc2)cc1. The average Bonchev–Trinajstić information content (AvgIpc) is 3.71. The first-order valence-electron chi connectivity index (χ1n) is 28.3. The van der Waals surface area contributed by atoms with E-state index < -0.39 is 31.7 Å². The van der Waals surface area contributed by atoms with Crippen LogP contribution in [0.25, 0.3) is 0 Å². The van der Waals surface area contributed by atoms with Crippen LogP contribution in [0.5, 0.6) is 0 Å². The fourth-order valence-electron chi connectivity index (χ4n) is 9.74. The second-order valence-electron chi connectivity index (χ2n) is 19.4. The summed E-state index contributed by atoms with van der Waals surface area (Å²) in [7, 11) is 0.980. The largest absolute Gasteiger partial charge is 0.102 e. The molecule has 0 fully saturated rings. The number of halogens is 1. The molecular formula is C79H71ClP4Pd+4. The van der Waals surface area contributed by atoms with Crippen LogP contribution in [0, 0.1) is 6.92 Å². The van der Waals surface area contributed by atoms with Crippen molar-refractivity contribution >= 4 is 105 Å². The van der Waals surface area contributed by atoms with E-state index in [1.165, 1.54) is 63.7 Å². The zero-order valence-corrected chi connectivity index (χ0v) is 53.7. The Kier molecular flexibility index (Phi) is 27.6. The Hall–Kier alpha value is -7.60. The minimum absolute atomic E-state index is 0.877. The van der Waals surface area contributed by atoms with Crippen molar-refractivity contribution in [1.29, 1.82) is 0 Å². The van der Waals surface area contributed by atoms with Crippen molar-refractivity contribution in [3.8, 4) is 0 Å². The molecule has 0 aliphatic heterocycles. The quantitative estimate of drug-likeness (QED) is 0.0650. The molecule has 0 unspecified atom stereocenters. The van der Waals surface area contributed by atoms with Crippen molar-refractivity contribution in [2.75, 3.05) is 0 Å². The van der Waals surface area contributed by atoms with Crippen molar-refractivity contribution in [3.05, 3.63) is 407 Å². The maximum absolute atomic E-state index is 4.49. The number of rotatable bonds is 12. The van der Waals surface area contributed by atoms with E-state index in [2.05, 4.69) is 399 Å². The van der Waals surface area contributed by atoms with Gasteiger partial charge in [0.25, 0.3) is 0 Å². The average molecular weight is 1290 g/mol. The first-order valence-corrected chi connectivity index (χ1v) is 36.3. The van der Waals surface area contributed by atoms with Gasteiger partial charge in [0.15, 0.2) is 0 Å². The topological polar surface area (TPSA) is 0 Å². The molecule has 0 heterocycles. The molecular weight excluding hydrogens is 1210 g/mol. The van der Waals surface area contributed by atoms with Crippen LogP contribution in [0.3, 0.4) is 0 Å². The van der Waals surface area contributed by atoms with Gasteiger partial charge in [-0.1, -0.05) is 224 Å². The normalized spacial score (nSPS) is 10.2. The third kappa shape index (κ3) is 20.3. The molecule has 0 bridgehead atoms. The van der Waals surface area contributed by atoms with E-state index in [0.29, 0.717) is 0 Å². The van der Waals surface area contributed by atoms with Crippen molar-refractivity contribution in [2.24, 2.45) is 0 Å². The van der Waals surface area contributed by atoms with Crippen LogP contribution < -0.4 is 63.7 Å². The number of benzene rings is 13. The Morgan fingerprint density at radius 3 is 0.306 bits per heavy atom. The van der Waals surface area contributed by atoms with Crippen molar-refractivity contribution in [2.45, 2.75) is 0 Å². The molecule has 0 atom stereocenters. The van der Waals surface area contributed by atoms with E-state index in [0.717, 1.165) is 5.56 Å². The molecule has 420 valence electrons. The van der Waals surface area contributed by atoms with Gasteiger partial charge < -0.3 is 0 Å². The monoisotopic (exact) mass is 1280 g/mol. The van der Waals surface area contributed by atoms with Crippen molar-refractivity contribution in [1.82, 2.24) is 0 Å². The summed E-state index contributed by atoms with van der Waals surface area (Å²) in [6.45, 7) is 3.72. The maximum Gasteiger partial charge on any atom is 0.102 e. The van der Waals surface area contributed by atoms with E-state index >= 15 is 0 Å². The summed E-state index contributed by atoms with van der Waals surface area (Å²) in [6.07, 6.45) is 0. The molecule has 0 aliphatic rings. The molecule has 0 amide bonds. The van der Waals surface area contributed by atoms with Crippen LogP contribution in [0.15, 0.2) is 394 Å². The molecule has 0 saturated heterocycles. The molecule has 0 radical (unpaired) electrons. The summed E-state index contributed by atoms with van der Waals surface area (Å²) >= 11 is 2.22. The van der Waals surface area contributed by atoms with E-state index in [1.54, 1.807) is 0 Å². The zero-order chi connectivity index (χ0) is 58.8. The zero-order valence-electron chi connectivity index (χ0n) is 47.4. The van der Waals surface area contributed by atoms with Gasteiger partial charge >= 0.3 is 27.7 Å². The molecule has 0 nitrogen and oxygen atoms in total. The predicted molar refractivity (Wildman–Crippen MR) is 383 cm³/mol. The summed E-state index contributed by atoms with van der Waals surface area (Å²) < 4.78 is 0. The van der Waals surface area contributed by atoms with E-state index in [1.807, 2.05) is 30.3 Å². The smallest absolute Gasteiger partial charge is 0.0620 e. The summed E-state index contributed by atoms with van der Waals surface area (Å²) in [4.78, 5) is 0. The third-order valence-electron chi connectivity index (χ3n) is 13.6. The van der Waals surface area contributed by atoms with Crippen molar-refractivity contribution < 1.29 is 18.2 Å². The van der Waals surface area contributed by atoms with Crippen LogP contribution in [-0.2, 0) is 18.2 Å². The summed E-state index contributed by atoms with van der Waals surface area (Å²) in [5.41, 5.74) is 1.07. The molecule has 0 N–H and O–H groups in total. The van der Waals surface area contributed by atoms with Gasteiger partial charge in [-0.05, 0) is 146 Å². The first kappa shape index (κ1) is 63.4. The molecule has 85 heavy (non-hydrogen) atoms. The summed E-state index contributed by atoms with van der Waals surface area (Å²) in [5, 5.41) is 17.2. The van der Waals surface area contributed by atoms with Gasteiger partial charge in [0.2, 0.25) is 0 Å². The molecule has 13 aromatic rings. The minimum atomic E-state index is -0.877. The van der Waals surface area contributed by atoms with Gasteiger partial charge in [-0.25, -0.2) is 0 Å². The molecule has 0 saturated carbocycles. The maximum atomic E-state index is 4.49. The first-order chi connectivity index (χ1) is 42.2. The van der Waals surface area contributed by atoms with Gasteiger partial charge in [-0.3, -0.25) is 0 Å². The molecule has 0 aliphatic carbocycles. The fourth-order valence-corrected chi connectivity index (χ4v) is 20.0. The van der Waals surface area contributed by atoms with E-state index in [-0.39, 0.29) is 0 Å². The second-order valence-corrected chi connectivity index (χ2v) is 29.3. The minimum Gasteiger partial charge on any atom is -0.0620 e. The number of hydrogen-bond donors (Lipinski definition) is 0. The Morgan fingerprint density at radius 2 is 0.235 bits per heavy atom. The summed E-state index contributed by atoms with van der Waals surface area (Å²) in [5.74, 6) is 0. The van der Waals surface area contributed by atoms with Gasteiger partial charge in [-0.15, -0.1) is 12.1 Å². The Balaban J connectivity index is 0.000000141. The van der Waals surface area contributed by atoms with Crippen LogP contribution >= 0.6 is 41.2 Å². The van der Waals surface area contributed by atoms with Gasteiger partial charge in [0, 0.05) is 0 Å². The van der Waals surface area contributed by atoms with Gasteiger partial charge in [0.05, 0.1) is 31.7 Å². The van der Waals surface area contributed by atoms with Crippen LogP contribution in [0.4, 0.5) is 0 Å². The van der Waals surface area contributed by atoms with Crippen LogP contribution in [0.2, 0.25) is 0 Å². The third-order valence-corrected chi connectivity index (χ3v) is 24.5. The molecule has 13 rings (SSSR count). The Bertz CT molecular complexity index is 2910. The summed E-state index contributed by atoms with van der Waals surface area (Å²) in [6, 6.07) is 140. The number of hydrogen-bond acceptors (Lipinski definition) is 0. The van der Waals surface area contributed by atoms with E-state index in [4.69, 9.17) is 0 Å². The van der Waals surface area contributed by atoms with Gasteiger partial charge in [0.1, 0.15) is 63.7 Å². The van der Waals surface area contributed by atoms with Crippen molar-refractivity contribution in [3.63, 3.8) is 0 Å². The van der Waals surface area contributed by atoms with Crippen LogP contribution in [0.1, 0.15) is 5.56 Å². The standard InChI is InChI=1S/4C18H15P.C7H7.ClH.Pd/c4*1-4-10-16(11-5-1)19(17-12-6-2-7-13-17)18-14-8-3-9-15-18;1-7-5-3-2-4-6-7;;/h4*1-15H;2-6H,1H2;1H;/q;;;;-1;;+2/p+3. The molecule has 0 spiro atoms. The molecule has 6 heteroatoms. The van der Waals surface area contributed by atoms with E-state index in [9.17, 15) is 0 Å². The molecule has 0 aromatic heterocycles. The Morgan fingerprint density at radius 1 is 0.153 bits per heavy atom.